The first kappa shape index (κ1) is 17.4. The van der Waals surface area contributed by atoms with E-state index in [4.69, 9.17) is 0 Å². The zero-order valence-corrected chi connectivity index (χ0v) is 14.7. The molecule has 1 aliphatic heterocycles. The third kappa shape index (κ3) is 3.74. The van der Waals surface area contributed by atoms with Crippen molar-refractivity contribution in [3.05, 3.63) is 58.0 Å². The first-order valence-corrected chi connectivity index (χ1v) is 9.09. The first-order chi connectivity index (χ1) is 13.1. The second-order valence-corrected chi connectivity index (χ2v) is 6.79. The van der Waals surface area contributed by atoms with Gasteiger partial charge in [0.25, 0.3) is 5.56 Å². The number of fused-ring (bicyclic) bond motifs is 1. The lowest BCUT2D eigenvalue weighted by Gasteiger charge is -2.34. The number of hydrogen-bond donors (Lipinski definition) is 2. The maximum atomic E-state index is 13.4. The van der Waals surface area contributed by atoms with Gasteiger partial charge in [0.05, 0.1) is 22.8 Å². The minimum atomic E-state index is -0.317. The van der Waals surface area contributed by atoms with E-state index in [1.54, 1.807) is 12.1 Å². The Morgan fingerprint density at radius 3 is 2.96 bits per heavy atom. The second kappa shape index (κ2) is 7.30. The van der Waals surface area contributed by atoms with E-state index in [1.165, 1.54) is 18.2 Å². The normalized spacial score (nSPS) is 17.4. The fraction of sp³-hybridized carbons (Fsp3) is 0.368. The third-order valence-electron chi connectivity index (χ3n) is 4.93. The molecule has 3 aromatic rings. The van der Waals surface area contributed by atoms with Crippen LogP contribution in [-0.2, 0) is 11.2 Å². The number of piperidine rings is 1. The van der Waals surface area contributed by atoms with E-state index in [1.807, 2.05) is 4.90 Å². The van der Waals surface area contributed by atoms with Crippen molar-refractivity contribution in [2.75, 3.05) is 6.54 Å². The molecule has 1 aliphatic rings. The van der Waals surface area contributed by atoms with Crippen LogP contribution in [0.2, 0.25) is 0 Å². The minimum absolute atomic E-state index is 0.0272. The van der Waals surface area contributed by atoms with Crippen LogP contribution in [0.1, 0.15) is 43.2 Å². The number of aryl methyl sites for hydroxylation is 1. The molecule has 2 N–H and O–H groups in total. The van der Waals surface area contributed by atoms with E-state index in [9.17, 15) is 14.0 Å². The summed E-state index contributed by atoms with van der Waals surface area (Å²) in [6, 6.07) is 7.35. The molecule has 27 heavy (non-hydrogen) atoms. The number of nitrogens with one attached hydrogen (secondary N) is 2. The predicted octanol–water partition coefficient (Wildman–Crippen LogP) is 2.47. The van der Waals surface area contributed by atoms with Crippen molar-refractivity contribution in [3.8, 4) is 0 Å². The molecule has 0 unspecified atom stereocenters. The van der Waals surface area contributed by atoms with E-state index in [-0.39, 0.29) is 23.3 Å². The number of amides is 1. The molecule has 1 aromatic carbocycles. The van der Waals surface area contributed by atoms with Crippen LogP contribution in [0.3, 0.4) is 0 Å². The number of rotatable bonds is 4. The highest BCUT2D eigenvalue weighted by molar-refractivity contribution is 5.78. The maximum absolute atomic E-state index is 13.4. The van der Waals surface area contributed by atoms with Gasteiger partial charge in [0, 0.05) is 25.5 Å². The van der Waals surface area contributed by atoms with Crippen molar-refractivity contribution in [1.29, 1.82) is 0 Å². The fourth-order valence-corrected chi connectivity index (χ4v) is 3.56. The highest BCUT2D eigenvalue weighted by Crippen LogP contribution is 2.31. The van der Waals surface area contributed by atoms with Crippen LogP contribution in [0.4, 0.5) is 4.39 Å². The molecule has 3 heterocycles. The molecule has 1 fully saturated rings. The van der Waals surface area contributed by atoms with Crippen molar-refractivity contribution < 1.29 is 9.18 Å². The Balaban J connectivity index is 1.51. The quantitative estimate of drug-likeness (QED) is 0.739. The number of aromatic amines is 2. The van der Waals surface area contributed by atoms with Gasteiger partial charge in [0.15, 0.2) is 0 Å². The molecule has 2 aromatic heterocycles. The van der Waals surface area contributed by atoms with E-state index in [2.05, 4.69) is 20.2 Å². The molecule has 0 bridgehead atoms. The predicted molar refractivity (Wildman–Crippen MR) is 97.5 cm³/mol. The number of aromatic nitrogens is 4. The molecular formula is C19H20FN5O2. The number of halogens is 1. The number of imidazole rings is 1. The monoisotopic (exact) mass is 369 g/mol. The number of hydrogen-bond acceptors (Lipinski definition) is 4. The average molecular weight is 369 g/mol. The molecule has 7 nitrogen and oxygen atoms in total. The Kier molecular flexibility index (Phi) is 4.70. The number of carbonyl (C=O) groups excluding carboxylic acids is 1. The summed E-state index contributed by atoms with van der Waals surface area (Å²) in [5.74, 6) is 0.410. The second-order valence-electron chi connectivity index (χ2n) is 6.79. The lowest BCUT2D eigenvalue weighted by molar-refractivity contribution is -0.135. The van der Waals surface area contributed by atoms with E-state index in [0.717, 1.165) is 19.3 Å². The Morgan fingerprint density at radius 2 is 2.15 bits per heavy atom. The van der Waals surface area contributed by atoms with Gasteiger partial charge in [0.2, 0.25) is 5.91 Å². The summed E-state index contributed by atoms with van der Waals surface area (Å²) in [6.45, 7) is 0.675. The van der Waals surface area contributed by atoms with Crippen LogP contribution in [0.25, 0.3) is 11.0 Å². The number of H-pyrrole nitrogens is 2. The molecule has 0 radical (unpaired) electrons. The SMILES string of the molecule is O=C(CCc1ccc(=O)[nH]n1)N1CCCC[C@H]1c1nc2ccc(F)cc2[nH]1. The molecule has 1 amide bonds. The Hall–Kier alpha value is -3.03. The van der Waals surface area contributed by atoms with E-state index in [0.29, 0.717) is 41.9 Å². The summed E-state index contributed by atoms with van der Waals surface area (Å²) in [6.07, 6.45) is 3.56. The Morgan fingerprint density at radius 1 is 1.26 bits per heavy atom. The number of benzene rings is 1. The highest BCUT2D eigenvalue weighted by Gasteiger charge is 2.30. The smallest absolute Gasteiger partial charge is 0.264 e. The summed E-state index contributed by atoms with van der Waals surface area (Å²) >= 11 is 0. The molecule has 0 aliphatic carbocycles. The van der Waals surface area contributed by atoms with Crippen molar-refractivity contribution in [1.82, 2.24) is 25.1 Å². The summed E-state index contributed by atoms with van der Waals surface area (Å²) in [4.78, 5) is 33.5. The van der Waals surface area contributed by atoms with Crippen molar-refractivity contribution in [3.63, 3.8) is 0 Å². The van der Waals surface area contributed by atoms with Crippen LogP contribution in [-0.4, -0.2) is 37.5 Å². The van der Waals surface area contributed by atoms with Crippen LogP contribution < -0.4 is 5.56 Å². The van der Waals surface area contributed by atoms with Gasteiger partial charge in [-0.2, -0.15) is 5.10 Å². The summed E-state index contributed by atoms with van der Waals surface area (Å²) in [5, 5.41) is 6.33. The van der Waals surface area contributed by atoms with Crippen LogP contribution >= 0.6 is 0 Å². The van der Waals surface area contributed by atoms with Gasteiger partial charge in [-0.15, -0.1) is 0 Å². The number of carbonyl (C=O) groups is 1. The van der Waals surface area contributed by atoms with Gasteiger partial charge in [-0.1, -0.05) is 0 Å². The molecule has 8 heteroatoms. The topological polar surface area (TPSA) is 94.7 Å². The lowest BCUT2D eigenvalue weighted by atomic mass is 10.0. The molecular weight excluding hydrogens is 349 g/mol. The zero-order valence-electron chi connectivity index (χ0n) is 14.7. The van der Waals surface area contributed by atoms with Crippen molar-refractivity contribution in [2.45, 2.75) is 38.1 Å². The molecule has 0 saturated carbocycles. The van der Waals surface area contributed by atoms with Gasteiger partial charge < -0.3 is 9.88 Å². The molecule has 1 atom stereocenters. The summed E-state index contributed by atoms with van der Waals surface area (Å²) < 4.78 is 13.4. The summed E-state index contributed by atoms with van der Waals surface area (Å²) in [5.41, 5.74) is 1.75. The van der Waals surface area contributed by atoms with Crippen molar-refractivity contribution >= 4 is 16.9 Å². The third-order valence-corrected chi connectivity index (χ3v) is 4.93. The molecule has 4 rings (SSSR count). The molecule has 1 saturated heterocycles. The standard InChI is InChI=1S/C19H20FN5O2/c20-12-4-7-14-15(11-12)22-19(21-14)16-3-1-2-10-25(16)18(27)9-6-13-5-8-17(26)24-23-13/h4-5,7-8,11,16H,1-3,6,9-10H2,(H,21,22)(H,24,26)/t16-/m0/s1. The summed E-state index contributed by atoms with van der Waals surface area (Å²) in [7, 11) is 0. The van der Waals surface area contributed by atoms with Gasteiger partial charge in [-0.3, -0.25) is 9.59 Å². The maximum Gasteiger partial charge on any atom is 0.264 e. The van der Waals surface area contributed by atoms with Gasteiger partial charge in [0.1, 0.15) is 11.6 Å². The van der Waals surface area contributed by atoms with Gasteiger partial charge in [-0.05, 0) is 43.5 Å². The highest BCUT2D eigenvalue weighted by atomic mass is 19.1. The van der Waals surface area contributed by atoms with E-state index >= 15 is 0 Å². The van der Waals surface area contributed by atoms with Crippen LogP contribution in [0, 0.1) is 5.82 Å². The number of likely N-dealkylation sites (tertiary alicyclic amines) is 1. The zero-order chi connectivity index (χ0) is 18.8. The van der Waals surface area contributed by atoms with Crippen molar-refractivity contribution in [2.24, 2.45) is 0 Å². The lowest BCUT2D eigenvalue weighted by Crippen LogP contribution is -2.39. The molecule has 140 valence electrons. The largest absolute Gasteiger partial charge is 0.340 e. The van der Waals surface area contributed by atoms with Gasteiger partial charge >= 0.3 is 0 Å². The number of nitrogens with zero attached hydrogens (tertiary/aromatic N) is 3. The van der Waals surface area contributed by atoms with Gasteiger partial charge in [-0.25, -0.2) is 14.5 Å². The van der Waals surface area contributed by atoms with E-state index < -0.39 is 0 Å². The van der Waals surface area contributed by atoms with Crippen LogP contribution in [0.5, 0.6) is 0 Å². The Bertz CT molecular complexity index is 1010. The average Bonchev–Trinajstić information content (AvgIpc) is 3.10. The van der Waals surface area contributed by atoms with Crippen LogP contribution in [0.15, 0.2) is 35.1 Å². The Labute approximate surface area is 154 Å². The first-order valence-electron chi connectivity index (χ1n) is 9.09. The molecule has 0 spiro atoms. The minimum Gasteiger partial charge on any atom is -0.340 e. The fourth-order valence-electron chi connectivity index (χ4n) is 3.56.